The molecule has 0 heterocycles. The smallest absolute Gasteiger partial charge is 0.493 e. The van der Waals surface area contributed by atoms with Crippen LogP contribution in [0, 0.1) is 39.4 Å². The molecule has 11 nitrogen and oxygen atoms in total. The molecule has 8 atom stereocenters. The number of unbranched alkanes of at least 4 members (excludes halogenated alkanes) is 1. The minimum Gasteiger partial charge on any atom is -0.493 e. The van der Waals surface area contributed by atoms with Crippen LogP contribution in [0.15, 0.2) is 59.5 Å². The average Bonchev–Trinajstić information content (AvgIpc) is 3.40. The van der Waals surface area contributed by atoms with E-state index < -0.39 is 30.3 Å². The molecule has 48 heavy (non-hydrogen) atoms. The third-order valence-electron chi connectivity index (χ3n) is 11.4. The van der Waals surface area contributed by atoms with Gasteiger partial charge in [0.05, 0.1) is 25.4 Å². The number of aliphatic hydroxyl groups is 1. The first-order valence-corrected chi connectivity index (χ1v) is 16.9. The number of hydrogen-bond acceptors (Lipinski definition) is 11. The maximum absolute atomic E-state index is 13.5. The molecular weight excluding hydrogens is 618 g/mol. The average molecular weight is 666 g/mol. The lowest BCUT2D eigenvalue weighted by molar-refractivity contribution is -0.141. The summed E-state index contributed by atoms with van der Waals surface area (Å²) >= 11 is 0. The summed E-state index contributed by atoms with van der Waals surface area (Å²) in [7, 11) is 1.37. The maximum atomic E-state index is 13.5. The number of hydrogen-bond donors (Lipinski definition) is 1. The van der Waals surface area contributed by atoms with Crippen molar-refractivity contribution >= 4 is 17.9 Å². The van der Waals surface area contributed by atoms with Gasteiger partial charge in [0.1, 0.15) is 6.10 Å². The molecule has 4 aliphatic rings. The van der Waals surface area contributed by atoms with Crippen LogP contribution in [0.1, 0.15) is 82.5 Å². The van der Waals surface area contributed by atoms with Crippen molar-refractivity contribution in [3.63, 3.8) is 0 Å². The highest BCUT2D eigenvalue weighted by Crippen LogP contribution is 2.66. The van der Waals surface area contributed by atoms with Gasteiger partial charge < -0.3 is 28.9 Å². The summed E-state index contributed by atoms with van der Waals surface area (Å²) in [5.41, 5.74) is 1.92. The minimum atomic E-state index is -1.06. The number of aliphatic hydroxyl groups excluding tert-OH is 1. The molecule has 1 N–H and O–H groups in total. The van der Waals surface area contributed by atoms with Gasteiger partial charge in [-0.1, -0.05) is 44.2 Å². The number of nitrogens with zero attached hydrogens (tertiary/aromatic N) is 1. The Labute approximate surface area is 281 Å². The predicted molar refractivity (Wildman–Crippen MR) is 176 cm³/mol. The zero-order valence-electron chi connectivity index (χ0n) is 28.3. The number of fused-ring (bicyclic) bond motifs is 5. The zero-order chi connectivity index (χ0) is 34.6. The van der Waals surface area contributed by atoms with Gasteiger partial charge in [0.25, 0.3) is 0 Å². The van der Waals surface area contributed by atoms with Gasteiger partial charge in [0.2, 0.25) is 0 Å². The number of benzene rings is 1. The second kappa shape index (κ2) is 14.6. The van der Waals surface area contributed by atoms with Crippen LogP contribution in [0.25, 0.3) is 0 Å². The van der Waals surface area contributed by atoms with Gasteiger partial charge in [0.15, 0.2) is 29.2 Å². The van der Waals surface area contributed by atoms with Gasteiger partial charge in [-0.25, -0.2) is 9.59 Å². The number of ketones is 1. The molecule has 0 amide bonds. The molecular formula is C37H47NO10. The summed E-state index contributed by atoms with van der Waals surface area (Å²) in [4.78, 5) is 53.4. The van der Waals surface area contributed by atoms with E-state index in [1.165, 1.54) is 30.9 Å². The van der Waals surface area contributed by atoms with Crippen LogP contribution >= 0.6 is 0 Å². The molecule has 0 radical (unpaired) electrons. The molecule has 1 aromatic carbocycles. The standard InChI is InChI=1S/C37H47NO10/c1-22-15-16-36(3)25(18-22)10-11-26-27-12-13-28(37(27,4)20-29(39)33(26)36)30(40)21-46-35(42)47-31-14-9-24(19-32(31)44-5)34(41)45-17-7-6-8-23(2)48-38-43/h9,14-16,18-19,23,26-29,33,39H,1,6-8,10-13,17,20-21H2,2-5H3. The fourth-order valence-corrected chi connectivity index (χ4v) is 9.07. The lowest BCUT2D eigenvalue weighted by Gasteiger charge is -2.58. The van der Waals surface area contributed by atoms with E-state index in [4.69, 9.17) is 18.9 Å². The Kier molecular flexibility index (Phi) is 10.8. The van der Waals surface area contributed by atoms with E-state index in [9.17, 15) is 24.4 Å². The fraction of sp³-hybridized carbons (Fsp3) is 0.595. The highest BCUT2D eigenvalue weighted by molar-refractivity contribution is 5.90. The number of Topliss-reactive ketones (excluding diaryl/α,β-unsaturated/α-hetero) is 1. The van der Waals surface area contributed by atoms with Crippen LogP contribution in [0.4, 0.5) is 4.79 Å². The quantitative estimate of drug-likeness (QED) is 0.0762. The summed E-state index contributed by atoms with van der Waals surface area (Å²) in [6.45, 7) is 9.93. The molecule has 0 bridgehead atoms. The van der Waals surface area contributed by atoms with Crippen molar-refractivity contribution in [3.8, 4) is 11.5 Å². The summed E-state index contributed by atoms with van der Waals surface area (Å²) in [5.74, 6) is -0.257. The molecule has 0 spiro atoms. The van der Waals surface area contributed by atoms with Crippen LogP contribution < -0.4 is 9.47 Å². The van der Waals surface area contributed by atoms with Crippen molar-refractivity contribution in [1.82, 2.24) is 0 Å². The highest BCUT2D eigenvalue weighted by atomic mass is 16.7. The maximum Gasteiger partial charge on any atom is 0.514 e. The third-order valence-corrected chi connectivity index (χ3v) is 11.4. The number of methoxy groups -OCH3 is 1. The SMILES string of the molecule is C=C1C=CC2(C)C(=C1)CCC1C2C(O)CC2(C)C(C(=O)COC(=O)Oc3ccc(C(=O)OCCCCC(C)ON=O)cc3OC)CCC12. The molecule has 5 rings (SSSR count). The third kappa shape index (κ3) is 7.06. The summed E-state index contributed by atoms with van der Waals surface area (Å²) in [6.07, 6.45) is 10.4. The Balaban J connectivity index is 1.13. The molecule has 11 heteroatoms. The van der Waals surface area contributed by atoms with Crippen LogP contribution in [-0.2, 0) is 19.1 Å². The highest BCUT2D eigenvalue weighted by Gasteiger charge is 2.62. The van der Waals surface area contributed by atoms with Crippen LogP contribution in [0.3, 0.4) is 0 Å². The second-order valence-corrected chi connectivity index (χ2v) is 14.2. The van der Waals surface area contributed by atoms with Crippen molar-refractivity contribution in [2.75, 3.05) is 20.3 Å². The Morgan fingerprint density at radius 3 is 2.65 bits per heavy atom. The van der Waals surface area contributed by atoms with Gasteiger partial charge in [-0.05, 0) is 99.3 Å². The lowest BCUT2D eigenvalue weighted by Crippen LogP contribution is -2.56. The largest absolute Gasteiger partial charge is 0.514 e. The Morgan fingerprint density at radius 1 is 1.10 bits per heavy atom. The molecule has 3 fully saturated rings. The molecule has 1 aromatic rings. The molecule has 0 aliphatic heterocycles. The minimum absolute atomic E-state index is 0.0261. The first kappa shape index (κ1) is 35.3. The molecule has 8 unspecified atom stereocenters. The van der Waals surface area contributed by atoms with Crippen molar-refractivity contribution in [2.45, 2.75) is 84.3 Å². The molecule has 4 aliphatic carbocycles. The summed E-state index contributed by atoms with van der Waals surface area (Å²) in [5, 5.41) is 14.0. The second-order valence-electron chi connectivity index (χ2n) is 14.2. The molecule has 0 saturated heterocycles. The van der Waals surface area contributed by atoms with Crippen molar-refractivity contribution < 1.29 is 43.3 Å². The monoisotopic (exact) mass is 665 g/mol. The van der Waals surface area contributed by atoms with E-state index in [1.54, 1.807) is 6.92 Å². The Bertz CT molecular complexity index is 1480. The number of ether oxygens (including phenoxy) is 4. The number of carbonyl (C=O) groups excluding carboxylic acids is 3. The van der Waals surface area contributed by atoms with Gasteiger partial charge in [0, 0.05) is 17.3 Å². The van der Waals surface area contributed by atoms with Gasteiger partial charge in [-0.3, -0.25) is 4.79 Å². The van der Waals surface area contributed by atoms with Gasteiger partial charge in [-0.2, -0.15) is 0 Å². The lowest BCUT2D eigenvalue weighted by atomic mass is 9.46. The first-order valence-electron chi connectivity index (χ1n) is 16.9. The topological polar surface area (TPSA) is 147 Å². The number of carbonyl (C=O) groups is 3. The van der Waals surface area contributed by atoms with Crippen LogP contribution in [0.2, 0.25) is 0 Å². The van der Waals surface area contributed by atoms with E-state index >= 15 is 0 Å². The number of esters is 1. The van der Waals surface area contributed by atoms with E-state index in [2.05, 4.69) is 48.8 Å². The predicted octanol–water partition coefficient (Wildman–Crippen LogP) is 7.08. The Hall–Kier alpha value is -3.99. The van der Waals surface area contributed by atoms with Crippen molar-refractivity contribution in [2.24, 2.45) is 39.8 Å². The number of rotatable bonds is 13. The summed E-state index contributed by atoms with van der Waals surface area (Å²) < 4.78 is 21.2. The molecule has 0 aromatic heterocycles. The fourth-order valence-electron chi connectivity index (χ4n) is 9.07. The first-order chi connectivity index (χ1) is 22.9. The normalized spacial score (nSPS) is 30.9. The van der Waals surface area contributed by atoms with E-state index in [1.807, 2.05) is 0 Å². The van der Waals surface area contributed by atoms with E-state index in [0.717, 1.165) is 24.8 Å². The summed E-state index contributed by atoms with van der Waals surface area (Å²) in [6, 6.07) is 4.23. The zero-order valence-corrected chi connectivity index (χ0v) is 28.3. The van der Waals surface area contributed by atoms with Crippen molar-refractivity contribution in [3.05, 3.63) is 64.6 Å². The van der Waals surface area contributed by atoms with Crippen molar-refractivity contribution in [1.29, 1.82) is 0 Å². The van der Waals surface area contributed by atoms with Crippen LogP contribution in [0.5, 0.6) is 11.5 Å². The molecule has 260 valence electrons. The van der Waals surface area contributed by atoms with E-state index in [0.29, 0.717) is 43.9 Å². The number of allylic oxidation sites excluding steroid dienone is 5. The van der Waals surface area contributed by atoms with E-state index in [-0.39, 0.29) is 52.8 Å². The van der Waals surface area contributed by atoms with Gasteiger partial charge in [-0.15, -0.1) is 4.91 Å². The Morgan fingerprint density at radius 2 is 1.90 bits per heavy atom. The van der Waals surface area contributed by atoms with Crippen LogP contribution in [-0.4, -0.2) is 55.5 Å². The molecule has 3 saturated carbocycles. The van der Waals surface area contributed by atoms with Gasteiger partial charge >= 0.3 is 12.1 Å².